The fourth-order valence-corrected chi connectivity index (χ4v) is 3.08. The van der Waals surface area contributed by atoms with Crippen LogP contribution >= 0.6 is 11.3 Å². The molecule has 1 aromatic carbocycles. The number of benzene rings is 1. The Kier molecular flexibility index (Phi) is 4.57. The van der Waals surface area contributed by atoms with Crippen LogP contribution in [0.25, 0.3) is 10.6 Å². The van der Waals surface area contributed by atoms with Crippen molar-refractivity contribution >= 4 is 22.9 Å². The Hall–Kier alpha value is -2.73. The number of thiazole rings is 1. The van der Waals surface area contributed by atoms with Crippen molar-refractivity contribution in [3.8, 4) is 16.5 Å². The highest BCUT2D eigenvalue weighted by atomic mass is 32.1. The second-order valence-electron chi connectivity index (χ2n) is 5.40. The minimum Gasteiger partial charge on any atom is -0.480 e. The highest BCUT2D eigenvalue weighted by Crippen LogP contribution is 2.26. The van der Waals surface area contributed by atoms with E-state index >= 15 is 0 Å². The third-order valence-electron chi connectivity index (χ3n) is 3.42. The van der Waals surface area contributed by atoms with Gasteiger partial charge in [0.25, 0.3) is 5.91 Å². The smallest absolute Gasteiger partial charge is 0.255 e. The molecule has 5 nitrogen and oxygen atoms in total. The highest BCUT2D eigenvalue weighted by molar-refractivity contribution is 7.13. The number of nitrogens with zero attached hydrogens (tertiary/aromatic N) is 2. The van der Waals surface area contributed by atoms with Crippen molar-refractivity contribution in [2.24, 2.45) is 0 Å². The van der Waals surface area contributed by atoms with Crippen LogP contribution in [0.1, 0.15) is 21.6 Å². The molecule has 0 aliphatic carbocycles. The zero-order valence-corrected chi connectivity index (χ0v) is 14.5. The van der Waals surface area contributed by atoms with Crippen molar-refractivity contribution in [1.82, 2.24) is 9.97 Å². The number of rotatable bonds is 4. The van der Waals surface area contributed by atoms with Crippen LogP contribution in [0.15, 0.2) is 41.9 Å². The normalized spacial score (nSPS) is 10.5. The van der Waals surface area contributed by atoms with Gasteiger partial charge in [-0.25, -0.2) is 9.97 Å². The lowest BCUT2D eigenvalue weighted by atomic mass is 10.1. The molecule has 0 fully saturated rings. The number of amides is 1. The van der Waals surface area contributed by atoms with E-state index in [9.17, 15) is 4.79 Å². The van der Waals surface area contributed by atoms with Gasteiger partial charge in [-0.3, -0.25) is 4.79 Å². The molecule has 6 heteroatoms. The van der Waals surface area contributed by atoms with E-state index in [1.165, 1.54) is 7.11 Å². The minimum atomic E-state index is -0.212. The van der Waals surface area contributed by atoms with Gasteiger partial charge in [0, 0.05) is 28.4 Å². The Morgan fingerprint density at radius 3 is 2.79 bits per heavy atom. The van der Waals surface area contributed by atoms with E-state index < -0.39 is 0 Å². The fraction of sp³-hybridized carbons (Fsp3) is 0.167. The van der Waals surface area contributed by atoms with Crippen molar-refractivity contribution in [1.29, 1.82) is 0 Å². The molecule has 0 saturated heterocycles. The number of hydrogen-bond donors (Lipinski definition) is 1. The molecule has 0 atom stereocenters. The summed E-state index contributed by atoms with van der Waals surface area (Å²) in [7, 11) is 1.53. The van der Waals surface area contributed by atoms with E-state index in [-0.39, 0.29) is 5.91 Å². The van der Waals surface area contributed by atoms with Gasteiger partial charge in [0.05, 0.1) is 7.11 Å². The standard InChI is InChI=1S/C18H17N3O2S/c1-11-7-15(17(23-3)19-9-11)21-16(22)13-5-4-6-14(8-13)18-20-12(2)10-24-18/h4-10H,1-3H3,(H,21,22). The maximum atomic E-state index is 12.6. The number of carbonyl (C=O) groups excluding carboxylic acids is 1. The zero-order valence-electron chi connectivity index (χ0n) is 13.7. The van der Waals surface area contributed by atoms with Gasteiger partial charge in [-0.05, 0) is 37.6 Å². The Labute approximate surface area is 144 Å². The predicted molar refractivity (Wildman–Crippen MR) is 95.8 cm³/mol. The summed E-state index contributed by atoms with van der Waals surface area (Å²) < 4.78 is 5.20. The van der Waals surface area contributed by atoms with Gasteiger partial charge in [0.1, 0.15) is 10.7 Å². The van der Waals surface area contributed by atoms with E-state index in [0.717, 1.165) is 21.8 Å². The Bertz CT molecular complexity index is 889. The molecule has 0 spiro atoms. The molecule has 1 N–H and O–H groups in total. The van der Waals surface area contributed by atoms with Crippen LogP contribution in [-0.4, -0.2) is 23.0 Å². The van der Waals surface area contributed by atoms with Crippen molar-refractivity contribution < 1.29 is 9.53 Å². The number of aromatic nitrogens is 2. The molecule has 0 radical (unpaired) electrons. The number of ether oxygens (including phenoxy) is 1. The molecule has 24 heavy (non-hydrogen) atoms. The van der Waals surface area contributed by atoms with Crippen molar-refractivity contribution in [3.05, 3.63) is 58.7 Å². The summed E-state index contributed by atoms with van der Waals surface area (Å²) in [5.41, 5.74) is 3.95. The largest absolute Gasteiger partial charge is 0.480 e. The summed E-state index contributed by atoms with van der Waals surface area (Å²) in [6.07, 6.45) is 1.69. The van der Waals surface area contributed by atoms with Gasteiger partial charge in [-0.1, -0.05) is 12.1 Å². The third kappa shape index (κ3) is 3.44. The van der Waals surface area contributed by atoms with Crippen LogP contribution < -0.4 is 10.1 Å². The van der Waals surface area contributed by atoms with E-state index in [1.807, 2.05) is 43.5 Å². The summed E-state index contributed by atoms with van der Waals surface area (Å²) in [5.74, 6) is 0.177. The lowest BCUT2D eigenvalue weighted by Gasteiger charge is -2.10. The number of hydrogen-bond acceptors (Lipinski definition) is 5. The highest BCUT2D eigenvalue weighted by Gasteiger charge is 2.12. The SMILES string of the molecule is COc1ncc(C)cc1NC(=O)c1cccc(-c2nc(C)cs2)c1. The summed E-state index contributed by atoms with van der Waals surface area (Å²) >= 11 is 1.56. The third-order valence-corrected chi connectivity index (χ3v) is 4.43. The average molecular weight is 339 g/mol. The summed E-state index contributed by atoms with van der Waals surface area (Å²) in [5, 5.41) is 5.75. The Morgan fingerprint density at radius 1 is 1.25 bits per heavy atom. The first kappa shape index (κ1) is 16.1. The number of methoxy groups -OCH3 is 1. The first-order chi connectivity index (χ1) is 11.6. The molecule has 2 aromatic heterocycles. The zero-order chi connectivity index (χ0) is 17.1. The number of anilines is 1. The number of aryl methyl sites for hydroxylation is 2. The van der Waals surface area contributed by atoms with Gasteiger partial charge >= 0.3 is 0 Å². The lowest BCUT2D eigenvalue weighted by molar-refractivity contribution is 0.102. The summed E-state index contributed by atoms with van der Waals surface area (Å²) in [6, 6.07) is 9.24. The van der Waals surface area contributed by atoms with Crippen molar-refractivity contribution in [2.45, 2.75) is 13.8 Å². The quantitative estimate of drug-likeness (QED) is 0.778. The van der Waals surface area contributed by atoms with E-state index in [1.54, 1.807) is 23.6 Å². The van der Waals surface area contributed by atoms with Gasteiger partial charge in [0.2, 0.25) is 5.88 Å². The Morgan fingerprint density at radius 2 is 2.08 bits per heavy atom. The van der Waals surface area contributed by atoms with Gasteiger partial charge in [0.15, 0.2) is 0 Å². The maximum absolute atomic E-state index is 12.6. The number of pyridine rings is 1. The minimum absolute atomic E-state index is 0.212. The molecule has 0 saturated carbocycles. The van der Waals surface area contributed by atoms with Crippen LogP contribution in [0.2, 0.25) is 0 Å². The summed E-state index contributed by atoms with van der Waals surface area (Å²) in [6.45, 7) is 3.86. The molecular formula is C18H17N3O2S. The average Bonchev–Trinajstić information content (AvgIpc) is 3.02. The van der Waals surface area contributed by atoms with Crippen LogP contribution in [0.5, 0.6) is 5.88 Å². The number of carbonyl (C=O) groups is 1. The van der Waals surface area contributed by atoms with Crippen molar-refractivity contribution in [3.63, 3.8) is 0 Å². The fourth-order valence-electron chi connectivity index (χ4n) is 2.28. The molecule has 2 heterocycles. The first-order valence-electron chi connectivity index (χ1n) is 7.41. The molecule has 3 aromatic rings. The topological polar surface area (TPSA) is 64.1 Å². The van der Waals surface area contributed by atoms with E-state index in [2.05, 4.69) is 15.3 Å². The predicted octanol–water partition coefficient (Wildman–Crippen LogP) is 4.08. The van der Waals surface area contributed by atoms with E-state index in [0.29, 0.717) is 17.1 Å². The first-order valence-corrected chi connectivity index (χ1v) is 8.29. The second-order valence-corrected chi connectivity index (χ2v) is 6.26. The molecule has 3 rings (SSSR count). The Balaban J connectivity index is 1.87. The molecule has 0 bridgehead atoms. The lowest BCUT2D eigenvalue weighted by Crippen LogP contribution is -2.13. The maximum Gasteiger partial charge on any atom is 0.255 e. The summed E-state index contributed by atoms with van der Waals surface area (Å²) in [4.78, 5) is 21.2. The molecule has 122 valence electrons. The molecular weight excluding hydrogens is 322 g/mol. The van der Waals surface area contributed by atoms with Gasteiger partial charge in [-0.15, -0.1) is 11.3 Å². The molecule has 0 unspecified atom stereocenters. The van der Waals surface area contributed by atoms with Crippen LogP contribution in [-0.2, 0) is 0 Å². The van der Waals surface area contributed by atoms with Gasteiger partial charge in [-0.2, -0.15) is 0 Å². The number of nitrogens with one attached hydrogen (secondary N) is 1. The van der Waals surface area contributed by atoms with Crippen LogP contribution in [0.3, 0.4) is 0 Å². The molecule has 0 aliphatic heterocycles. The molecule has 1 amide bonds. The van der Waals surface area contributed by atoms with Crippen LogP contribution in [0.4, 0.5) is 5.69 Å². The van der Waals surface area contributed by atoms with Gasteiger partial charge < -0.3 is 10.1 Å². The molecule has 0 aliphatic rings. The van der Waals surface area contributed by atoms with Crippen molar-refractivity contribution in [2.75, 3.05) is 12.4 Å². The second kappa shape index (κ2) is 6.80. The van der Waals surface area contributed by atoms with E-state index in [4.69, 9.17) is 4.74 Å². The monoisotopic (exact) mass is 339 g/mol. The van der Waals surface area contributed by atoms with Crippen LogP contribution in [0, 0.1) is 13.8 Å².